The molecule has 0 amide bonds. The van der Waals surface area contributed by atoms with E-state index < -0.39 is 75.0 Å². The number of aromatic carboxylic acids is 5. The quantitative estimate of drug-likeness (QED) is 0.277. The Morgan fingerprint density at radius 2 is 0.848 bits per heavy atom. The SMILES string of the molecule is O=C(O)C1(C(=O)O)CCCCC1.O=C(O)c1cc(C(=O)O)c(C(=O)O)c(C(=O)O)c1C(=O)O. The van der Waals surface area contributed by atoms with Gasteiger partial charge in [-0.25, -0.2) is 24.0 Å². The molecular formula is C19H18O14. The highest BCUT2D eigenvalue weighted by molar-refractivity contribution is 6.17. The minimum Gasteiger partial charge on any atom is -0.480 e. The summed E-state index contributed by atoms with van der Waals surface area (Å²) >= 11 is 0. The second kappa shape index (κ2) is 10.2. The summed E-state index contributed by atoms with van der Waals surface area (Å²) in [6, 6.07) is 0.296. The molecule has 178 valence electrons. The molecule has 0 aliphatic heterocycles. The summed E-state index contributed by atoms with van der Waals surface area (Å²) in [5.41, 5.74) is -7.79. The van der Waals surface area contributed by atoms with E-state index >= 15 is 0 Å². The van der Waals surface area contributed by atoms with Crippen LogP contribution in [0.4, 0.5) is 0 Å². The van der Waals surface area contributed by atoms with Gasteiger partial charge < -0.3 is 35.7 Å². The lowest BCUT2D eigenvalue weighted by Gasteiger charge is -2.28. The maximum atomic E-state index is 11.1. The number of carboxylic acids is 7. The van der Waals surface area contributed by atoms with Crippen molar-refractivity contribution in [2.45, 2.75) is 32.1 Å². The number of benzene rings is 1. The van der Waals surface area contributed by atoms with Crippen molar-refractivity contribution in [3.8, 4) is 0 Å². The van der Waals surface area contributed by atoms with Crippen LogP contribution in [-0.2, 0) is 9.59 Å². The predicted octanol–water partition coefficient (Wildman–Crippen LogP) is 1.28. The van der Waals surface area contributed by atoms with E-state index in [-0.39, 0.29) is 12.8 Å². The average molecular weight is 470 g/mol. The molecule has 1 aliphatic carbocycles. The Kier molecular flexibility index (Phi) is 8.21. The first-order valence-electron chi connectivity index (χ1n) is 9.03. The van der Waals surface area contributed by atoms with Crippen molar-refractivity contribution in [3.05, 3.63) is 33.9 Å². The first-order chi connectivity index (χ1) is 15.2. The normalized spacial score (nSPS) is 14.2. The molecule has 2 rings (SSSR count). The molecule has 0 atom stereocenters. The van der Waals surface area contributed by atoms with E-state index in [0.29, 0.717) is 18.9 Å². The van der Waals surface area contributed by atoms with E-state index in [4.69, 9.17) is 35.7 Å². The molecule has 0 bridgehead atoms. The van der Waals surface area contributed by atoms with E-state index in [1.165, 1.54) is 0 Å². The number of aliphatic carboxylic acids is 2. The Labute approximate surface area is 183 Å². The fraction of sp³-hybridized carbons (Fsp3) is 0.316. The minimum absolute atomic E-state index is 0.275. The van der Waals surface area contributed by atoms with Gasteiger partial charge in [0.2, 0.25) is 0 Å². The van der Waals surface area contributed by atoms with Crippen molar-refractivity contribution in [2.75, 3.05) is 0 Å². The Morgan fingerprint density at radius 1 is 0.515 bits per heavy atom. The zero-order chi connectivity index (χ0) is 25.7. The van der Waals surface area contributed by atoms with Crippen LogP contribution < -0.4 is 0 Å². The maximum Gasteiger partial charge on any atom is 0.337 e. The number of rotatable bonds is 7. The van der Waals surface area contributed by atoms with Gasteiger partial charge in [-0.2, -0.15) is 0 Å². The van der Waals surface area contributed by atoms with Crippen LogP contribution in [-0.4, -0.2) is 77.5 Å². The lowest BCUT2D eigenvalue weighted by atomic mass is 9.74. The van der Waals surface area contributed by atoms with Gasteiger partial charge in [0, 0.05) is 0 Å². The summed E-state index contributed by atoms with van der Waals surface area (Å²) in [7, 11) is 0. The molecule has 1 aromatic rings. The molecule has 1 aliphatic rings. The van der Waals surface area contributed by atoms with E-state index in [1.807, 2.05) is 0 Å². The predicted molar refractivity (Wildman–Crippen MR) is 102 cm³/mol. The first kappa shape index (κ1) is 26.5. The second-order valence-corrected chi connectivity index (χ2v) is 6.88. The molecule has 0 spiro atoms. The highest BCUT2D eigenvalue weighted by Crippen LogP contribution is 2.36. The Balaban J connectivity index is 0.000000383. The van der Waals surface area contributed by atoms with Crippen LogP contribution >= 0.6 is 0 Å². The zero-order valence-electron chi connectivity index (χ0n) is 16.6. The van der Waals surface area contributed by atoms with Crippen LogP contribution in [0.3, 0.4) is 0 Å². The van der Waals surface area contributed by atoms with Gasteiger partial charge in [0.05, 0.1) is 27.8 Å². The van der Waals surface area contributed by atoms with Gasteiger partial charge in [0.1, 0.15) is 0 Å². The minimum atomic E-state index is -2.07. The third-order valence-corrected chi connectivity index (χ3v) is 4.96. The van der Waals surface area contributed by atoms with Crippen molar-refractivity contribution < 1.29 is 69.3 Å². The highest BCUT2D eigenvalue weighted by Gasteiger charge is 2.46. The van der Waals surface area contributed by atoms with Gasteiger partial charge in [-0.15, -0.1) is 0 Å². The lowest BCUT2D eigenvalue weighted by molar-refractivity contribution is -0.167. The largest absolute Gasteiger partial charge is 0.480 e. The second-order valence-electron chi connectivity index (χ2n) is 6.88. The molecule has 14 heteroatoms. The average Bonchev–Trinajstić information content (AvgIpc) is 2.72. The molecule has 0 saturated heterocycles. The van der Waals surface area contributed by atoms with E-state index in [0.717, 1.165) is 6.42 Å². The molecule has 14 nitrogen and oxygen atoms in total. The monoisotopic (exact) mass is 470 g/mol. The van der Waals surface area contributed by atoms with Gasteiger partial charge in [-0.3, -0.25) is 9.59 Å². The fourth-order valence-electron chi connectivity index (χ4n) is 3.35. The smallest absolute Gasteiger partial charge is 0.337 e. The summed E-state index contributed by atoms with van der Waals surface area (Å²) in [5.74, 6) is -12.3. The molecule has 1 fully saturated rings. The van der Waals surface area contributed by atoms with Crippen LogP contribution in [0.1, 0.15) is 83.9 Å². The number of carboxylic acid groups (broad SMARTS) is 7. The van der Waals surface area contributed by atoms with Crippen LogP contribution in [0.2, 0.25) is 0 Å². The van der Waals surface area contributed by atoms with Crippen molar-refractivity contribution >= 4 is 41.8 Å². The zero-order valence-corrected chi connectivity index (χ0v) is 16.6. The fourth-order valence-corrected chi connectivity index (χ4v) is 3.35. The molecule has 0 heterocycles. The van der Waals surface area contributed by atoms with Gasteiger partial charge in [0.25, 0.3) is 0 Å². The van der Waals surface area contributed by atoms with Crippen LogP contribution in [0, 0.1) is 5.41 Å². The van der Waals surface area contributed by atoms with Gasteiger partial charge in [0.15, 0.2) is 5.41 Å². The van der Waals surface area contributed by atoms with E-state index in [1.54, 1.807) is 0 Å². The molecule has 0 aromatic heterocycles. The van der Waals surface area contributed by atoms with Gasteiger partial charge in [-0.05, 0) is 18.9 Å². The van der Waals surface area contributed by atoms with Crippen LogP contribution in [0.5, 0.6) is 0 Å². The number of hydrogen-bond acceptors (Lipinski definition) is 7. The Hall–Kier alpha value is -4.49. The van der Waals surface area contributed by atoms with Crippen molar-refractivity contribution in [2.24, 2.45) is 5.41 Å². The standard InChI is InChI=1S/C11H6O10.C8H12O4/c12-7(13)2-1-3(8(14)15)5(10(18)19)6(11(20)21)4(2)9(16)17;9-6(10)8(7(11)12)4-2-1-3-5-8/h1H,(H,12,13)(H,14,15)(H,16,17)(H,18,19)(H,20,21);1-5H2,(H,9,10)(H,11,12). The lowest BCUT2D eigenvalue weighted by Crippen LogP contribution is -2.40. The highest BCUT2D eigenvalue weighted by atomic mass is 16.4. The summed E-state index contributed by atoms with van der Waals surface area (Å²) < 4.78 is 0. The van der Waals surface area contributed by atoms with Crippen LogP contribution in [0.15, 0.2) is 6.07 Å². The first-order valence-corrected chi connectivity index (χ1v) is 9.03. The molecule has 0 unspecified atom stereocenters. The topological polar surface area (TPSA) is 261 Å². The molecule has 7 N–H and O–H groups in total. The van der Waals surface area contributed by atoms with Crippen LogP contribution in [0.25, 0.3) is 0 Å². The third-order valence-electron chi connectivity index (χ3n) is 4.96. The summed E-state index contributed by atoms with van der Waals surface area (Å²) in [4.78, 5) is 76.6. The summed E-state index contributed by atoms with van der Waals surface area (Å²) in [6.07, 6.45) is 2.91. The molecule has 1 aromatic carbocycles. The Bertz CT molecular complexity index is 979. The Morgan fingerprint density at radius 3 is 1.06 bits per heavy atom. The molecule has 33 heavy (non-hydrogen) atoms. The summed E-state index contributed by atoms with van der Waals surface area (Å²) in [5, 5.41) is 62.0. The van der Waals surface area contributed by atoms with E-state index in [9.17, 15) is 33.6 Å². The molecular weight excluding hydrogens is 452 g/mol. The van der Waals surface area contributed by atoms with E-state index in [2.05, 4.69) is 0 Å². The number of carbonyl (C=O) groups is 7. The molecule has 0 radical (unpaired) electrons. The third kappa shape index (κ3) is 5.41. The number of hydrogen-bond donors (Lipinski definition) is 7. The van der Waals surface area contributed by atoms with Crippen molar-refractivity contribution in [1.29, 1.82) is 0 Å². The molecule has 1 saturated carbocycles. The maximum absolute atomic E-state index is 11.1. The summed E-state index contributed by atoms with van der Waals surface area (Å²) in [6.45, 7) is 0. The van der Waals surface area contributed by atoms with Crippen molar-refractivity contribution in [3.63, 3.8) is 0 Å². The van der Waals surface area contributed by atoms with Gasteiger partial charge in [-0.1, -0.05) is 19.3 Å². The van der Waals surface area contributed by atoms with Crippen molar-refractivity contribution in [1.82, 2.24) is 0 Å². The van der Waals surface area contributed by atoms with Gasteiger partial charge >= 0.3 is 41.8 Å².